The fourth-order valence-electron chi connectivity index (χ4n) is 2.15. The maximum Gasteiger partial charge on any atom is 0.271 e. The lowest BCUT2D eigenvalue weighted by molar-refractivity contribution is 0.0742. The molecule has 1 aliphatic heterocycles. The lowest BCUT2D eigenvalue weighted by atomic mass is 10.2. The molecule has 2 aromatic rings. The largest absolute Gasteiger partial charge is 0.350 e. The number of rotatable bonds is 4. The molecule has 9 heteroatoms. The molecule has 21 heavy (non-hydrogen) atoms. The van der Waals surface area contributed by atoms with Crippen LogP contribution in [0.1, 0.15) is 26.7 Å². The monoisotopic (exact) mass is 289 g/mol. The second kappa shape index (κ2) is 5.35. The fourth-order valence-corrected chi connectivity index (χ4v) is 2.15. The average Bonchev–Trinajstić information content (AvgIpc) is 3.12. The van der Waals surface area contributed by atoms with Gasteiger partial charge in [0.25, 0.3) is 11.8 Å². The molecule has 0 atom stereocenters. The Morgan fingerprint density at radius 3 is 3.10 bits per heavy atom. The summed E-state index contributed by atoms with van der Waals surface area (Å²) in [7, 11) is 1.73. The molecule has 2 aromatic heterocycles. The van der Waals surface area contributed by atoms with Gasteiger partial charge in [0.2, 0.25) is 0 Å². The molecular weight excluding hydrogens is 274 g/mol. The summed E-state index contributed by atoms with van der Waals surface area (Å²) in [5.41, 5.74) is 1.48. The topological polar surface area (TPSA) is 109 Å². The first-order valence-corrected chi connectivity index (χ1v) is 6.61. The van der Waals surface area contributed by atoms with E-state index in [1.807, 2.05) is 0 Å². The van der Waals surface area contributed by atoms with Crippen molar-refractivity contribution in [1.82, 2.24) is 35.4 Å². The standard InChI is InChI=1S/C12H15N7O2/c1-18-4-5-19-10(12(18)21)6-9(16-19)11(20)13-3-2-8-7-14-17-15-8/h6-7H,2-5H2,1H3,(H,13,20)(H,14,15,17). The Kier molecular flexibility index (Phi) is 3.38. The van der Waals surface area contributed by atoms with Crippen molar-refractivity contribution in [2.75, 3.05) is 20.1 Å². The van der Waals surface area contributed by atoms with Crippen LogP contribution in [0, 0.1) is 0 Å². The molecule has 0 fully saturated rings. The van der Waals surface area contributed by atoms with Crippen LogP contribution in [-0.4, -0.2) is 62.0 Å². The van der Waals surface area contributed by atoms with E-state index in [-0.39, 0.29) is 17.5 Å². The molecule has 9 nitrogen and oxygen atoms in total. The third kappa shape index (κ3) is 2.62. The van der Waals surface area contributed by atoms with Crippen molar-refractivity contribution in [1.29, 1.82) is 0 Å². The quantitative estimate of drug-likeness (QED) is 0.755. The van der Waals surface area contributed by atoms with Gasteiger partial charge in [-0.3, -0.25) is 14.3 Å². The number of carbonyl (C=O) groups is 2. The number of aromatic nitrogens is 5. The second-order valence-electron chi connectivity index (χ2n) is 4.83. The highest BCUT2D eigenvalue weighted by Gasteiger charge is 2.25. The number of nitrogens with zero attached hydrogens (tertiary/aromatic N) is 5. The van der Waals surface area contributed by atoms with Crippen LogP contribution < -0.4 is 5.32 Å². The second-order valence-corrected chi connectivity index (χ2v) is 4.83. The molecule has 2 amide bonds. The van der Waals surface area contributed by atoms with Gasteiger partial charge in [0.15, 0.2) is 5.69 Å². The molecule has 3 rings (SSSR count). The van der Waals surface area contributed by atoms with Crippen molar-refractivity contribution < 1.29 is 9.59 Å². The Bertz CT molecular complexity index is 661. The summed E-state index contributed by atoms with van der Waals surface area (Å²) in [6.07, 6.45) is 2.19. The fraction of sp³-hybridized carbons (Fsp3) is 0.417. The van der Waals surface area contributed by atoms with Crippen LogP contribution in [-0.2, 0) is 13.0 Å². The molecule has 2 N–H and O–H groups in total. The number of likely N-dealkylation sites (N-methyl/N-ethyl adjacent to an activating group) is 1. The molecule has 0 aromatic carbocycles. The van der Waals surface area contributed by atoms with Crippen molar-refractivity contribution in [3.8, 4) is 0 Å². The molecule has 1 aliphatic rings. The average molecular weight is 289 g/mol. The Morgan fingerprint density at radius 1 is 1.48 bits per heavy atom. The van der Waals surface area contributed by atoms with Crippen molar-refractivity contribution in [2.24, 2.45) is 0 Å². The minimum atomic E-state index is -0.296. The van der Waals surface area contributed by atoms with Gasteiger partial charge >= 0.3 is 0 Å². The zero-order chi connectivity index (χ0) is 14.8. The Balaban J connectivity index is 1.63. The van der Waals surface area contributed by atoms with E-state index >= 15 is 0 Å². The number of fused-ring (bicyclic) bond motifs is 1. The summed E-state index contributed by atoms with van der Waals surface area (Å²) in [5, 5.41) is 17.0. The molecule has 110 valence electrons. The van der Waals surface area contributed by atoms with Crippen LogP contribution in [0.5, 0.6) is 0 Å². The highest BCUT2D eigenvalue weighted by atomic mass is 16.2. The minimum absolute atomic E-state index is 0.115. The van der Waals surface area contributed by atoms with E-state index in [0.29, 0.717) is 31.7 Å². The molecular formula is C12H15N7O2. The number of hydrogen-bond acceptors (Lipinski definition) is 5. The first-order valence-electron chi connectivity index (χ1n) is 6.61. The molecule has 0 saturated carbocycles. The van der Waals surface area contributed by atoms with Crippen LogP contribution in [0.2, 0.25) is 0 Å². The van der Waals surface area contributed by atoms with Crippen LogP contribution in [0.3, 0.4) is 0 Å². The van der Waals surface area contributed by atoms with E-state index in [9.17, 15) is 9.59 Å². The Labute approximate surface area is 120 Å². The number of nitrogens with one attached hydrogen (secondary N) is 2. The van der Waals surface area contributed by atoms with Crippen LogP contribution in [0.15, 0.2) is 12.3 Å². The minimum Gasteiger partial charge on any atom is -0.350 e. The highest BCUT2D eigenvalue weighted by Crippen LogP contribution is 2.12. The molecule has 0 unspecified atom stereocenters. The normalized spacial score (nSPS) is 14.1. The summed E-state index contributed by atoms with van der Waals surface area (Å²) in [6, 6.07) is 1.53. The van der Waals surface area contributed by atoms with Gasteiger partial charge < -0.3 is 10.2 Å². The van der Waals surface area contributed by atoms with Gasteiger partial charge in [-0.05, 0) is 0 Å². The molecule has 3 heterocycles. The molecule has 0 saturated heterocycles. The Hall–Kier alpha value is -2.71. The van der Waals surface area contributed by atoms with Crippen molar-refractivity contribution >= 4 is 11.8 Å². The van der Waals surface area contributed by atoms with E-state index in [1.165, 1.54) is 6.07 Å². The van der Waals surface area contributed by atoms with Gasteiger partial charge in [-0.2, -0.15) is 20.5 Å². The van der Waals surface area contributed by atoms with Gasteiger partial charge in [0.1, 0.15) is 5.69 Å². The Morgan fingerprint density at radius 2 is 2.33 bits per heavy atom. The van der Waals surface area contributed by atoms with Crippen molar-refractivity contribution in [3.63, 3.8) is 0 Å². The van der Waals surface area contributed by atoms with E-state index < -0.39 is 0 Å². The van der Waals surface area contributed by atoms with Crippen molar-refractivity contribution in [3.05, 3.63) is 29.3 Å². The van der Waals surface area contributed by atoms with E-state index in [4.69, 9.17) is 0 Å². The first-order chi connectivity index (χ1) is 10.1. The highest BCUT2D eigenvalue weighted by molar-refractivity contribution is 5.98. The van der Waals surface area contributed by atoms with Gasteiger partial charge in [0, 0.05) is 32.6 Å². The lowest BCUT2D eigenvalue weighted by Crippen LogP contribution is -2.37. The predicted molar refractivity (Wildman–Crippen MR) is 71.6 cm³/mol. The molecule has 0 spiro atoms. The SMILES string of the molecule is CN1CCn2nc(C(=O)NCCc3cn[nH]n3)cc2C1=O. The number of aromatic amines is 1. The zero-order valence-electron chi connectivity index (χ0n) is 11.5. The molecule has 0 bridgehead atoms. The number of H-pyrrole nitrogens is 1. The number of carbonyl (C=O) groups excluding carboxylic acids is 2. The van der Waals surface area contributed by atoms with E-state index in [1.54, 1.807) is 22.8 Å². The van der Waals surface area contributed by atoms with Gasteiger partial charge in [-0.25, -0.2) is 0 Å². The predicted octanol–water partition coefficient (Wildman–Crippen LogP) is -0.941. The maximum absolute atomic E-state index is 12.0. The van der Waals surface area contributed by atoms with Gasteiger partial charge in [0.05, 0.1) is 18.4 Å². The third-order valence-electron chi connectivity index (χ3n) is 3.36. The van der Waals surface area contributed by atoms with Gasteiger partial charge in [-0.15, -0.1) is 0 Å². The van der Waals surface area contributed by atoms with Crippen LogP contribution >= 0.6 is 0 Å². The van der Waals surface area contributed by atoms with E-state index in [0.717, 1.165) is 5.69 Å². The summed E-state index contributed by atoms with van der Waals surface area (Å²) >= 11 is 0. The number of amides is 2. The summed E-state index contributed by atoms with van der Waals surface area (Å²) in [6.45, 7) is 1.63. The maximum atomic E-state index is 12.0. The van der Waals surface area contributed by atoms with Crippen molar-refractivity contribution in [2.45, 2.75) is 13.0 Å². The first kappa shape index (κ1) is 13.3. The van der Waals surface area contributed by atoms with Crippen LogP contribution in [0.4, 0.5) is 0 Å². The summed E-state index contributed by atoms with van der Waals surface area (Å²) in [4.78, 5) is 25.6. The zero-order valence-corrected chi connectivity index (χ0v) is 11.5. The van der Waals surface area contributed by atoms with E-state index in [2.05, 4.69) is 25.8 Å². The molecule has 0 aliphatic carbocycles. The lowest BCUT2D eigenvalue weighted by Gasteiger charge is -2.22. The number of hydrogen-bond donors (Lipinski definition) is 2. The summed E-state index contributed by atoms with van der Waals surface area (Å²) < 4.78 is 1.58. The summed E-state index contributed by atoms with van der Waals surface area (Å²) in [5.74, 6) is -0.411. The third-order valence-corrected chi connectivity index (χ3v) is 3.36. The smallest absolute Gasteiger partial charge is 0.271 e. The van der Waals surface area contributed by atoms with Crippen LogP contribution in [0.25, 0.3) is 0 Å². The molecule has 0 radical (unpaired) electrons. The van der Waals surface area contributed by atoms with Gasteiger partial charge in [-0.1, -0.05) is 0 Å².